The van der Waals surface area contributed by atoms with E-state index in [2.05, 4.69) is 0 Å². The fourth-order valence-corrected chi connectivity index (χ4v) is 5.02. The molecule has 0 unspecified atom stereocenters. The molecule has 4 rings (SSSR count). The number of carbonyl (C=O) groups excluding carboxylic acids is 1. The zero-order valence-corrected chi connectivity index (χ0v) is 21.8. The van der Waals surface area contributed by atoms with E-state index in [1.54, 1.807) is 48.5 Å². The molecule has 0 aliphatic carbocycles. The lowest BCUT2D eigenvalue weighted by molar-refractivity contribution is -0.184. The fraction of sp³-hybridized carbons (Fsp3) is 0.310. The lowest BCUT2D eigenvalue weighted by Crippen LogP contribution is -2.57. The standard InChI is InChI=1S/C29H28Cl2FNO4/c1-2-3-4-24(29(35)36)33-26(19-7-11-21(30)12-8-19)27(20-9-13-22(31)14-10-20)37-25(28(33)34)17-18-5-15-23(32)16-6-18/h5-16,24-27H,2-4,17H2,1H3,(H,35,36)/t24-,25+,26-,27+/m1/s1. The van der Waals surface area contributed by atoms with Crippen LogP contribution in [0.15, 0.2) is 72.8 Å². The predicted octanol–water partition coefficient (Wildman–Crippen LogP) is 7.03. The van der Waals surface area contributed by atoms with Gasteiger partial charge in [-0.25, -0.2) is 9.18 Å². The molecule has 1 heterocycles. The van der Waals surface area contributed by atoms with E-state index >= 15 is 0 Å². The van der Waals surface area contributed by atoms with Crippen molar-refractivity contribution in [3.63, 3.8) is 0 Å². The van der Waals surface area contributed by atoms with Crippen molar-refractivity contribution in [1.29, 1.82) is 0 Å². The first-order valence-electron chi connectivity index (χ1n) is 12.2. The molecule has 0 aromatic heterocycles. The Morgan fingerprint density at radius 3 is 2.08 bits per heavy atom. The van der Waals surface area contributed by atoms with Gasteiger partial charge in [-0.05, 0) is 59.5 Å². The van der Waals surface area contributed by atoms with Crippen LogP contribution in [0.1, 0.15) is 55.0 Å². The van der Waals surface area contributed by atoms with E-state index in [9.17, 15) is 19.1 Å². The molecular formula is C29H28Cl2FNO4. The van der Waals surface area contributed by atoms with Gasteiger partial charge in [-0.2, -0.15) is 0 Å². The van der Waals surface area contributed by atoms with Crippen LogP contribution in [0.4, 0.5) is 4.39 Å². The van der Waals surface area contributed by atoms with Crippen LogP contribution in [-0.2, 0) is 20.7 Å². The molecule has 5 nitrogen and oxygen atoms in total. The van der Waals surface area contributed by atoms with Gasteiger partial charge in [-0.15, -0.1) is 0 Å². The molecule has 3 aromatic rings. The summed E-state index contributed by atoms with van der Waals surface area (Å²) in [7, 11) is 0. The summed E-state index contributed by atoms with van der Waals surface area (Å²) in [6.45, 7) is 1.98. The third-order valence-corrected chi connectivity index (χ3v) is 7.13. The number of rotatable bonds is 9. The number of hydrogen-bond acceptors (Lipinski definition) is 3. The van der Waals surface area contributed by atoms with Gasteiger partial charge in [-0.1, -0.05) is 79.4 Å². The average Bonchev–Trinajstić information content (AvgIpc) is 2.88. The summed E-state index contributed by atoms with van der Waals surface area (Å²) in [5.74, 6) is -1.87. The summed E-state index contributed by atoms with van der Waals surface area (Å²) >= 11 is 12.3. The van der Waals surface area contributed by atoms with Crippen LogP contribution in [0.2, 0.25) is 10.0 Å². The summed E-state index contributed by atoms with van der Waals surface area (Å²) < 4.78 is 20.0. The van der Waals surface area contributed by atoms with Gasteiger partial charge in [0.05, 0.1) is 6.04 Å². The molecule has 1 aliphatic rings. The maximum Gasteiger partial charge on any atom is 0.326 e. The minimum Gasteiger partial charge on any atom is -0.480 e. The number of carbonyl (C=O) groups is 2. The van der Waals surface area contributed by atoms with Crippen molar-refractivity contribution in [2.45, 2.75) is 56.9 Å². The first-order chi connectivity index (χ1) is 17.8. The fourth-order valence-electron chi connectivity index (χ4n) is 4.76. The van der Waals surface area contributed by atoms with Crippen LogP contribution >= 0.6 is 23.2 Å². The van der Waals surface area contributed by atoms with Crippen molar-refractivity contribution in [1.82, 2.24) is 4.90 Å². The van der Waals surface area contributed by atoms with Crippen LogP contribution in [-0.4, -0.2) is 34.0 Å². The number of benzene rings is 3. The van der Waals surface area contributed by atoms with E-state index in [0.717, 1.165) is 12.0 Å². The second-order valence-electron chi connectivity index (χ2n) is 9.17. The number of halogens is 3. The molecule has 1 fully saturated rings. The van der Waals surface area contributed by atoms with E-state index in [0.29, 0.717) is 34.0 Å². The summed E-state index contributed by atoms with van der Waals surface area (Å²) in [6.07, 6.45) is 0.269. The monoisotopic (exact) mass is 543 g/mol. The molecule has 37 heavy (non-hydrogen) atoms. The first-order valence-corrected chi connectivity index (χ1v) is 13.0. The summed E-state index contributed by atoms with van der Waals surface area (Å²) in [5, 5.41) is 11.3. The van der Waals surface area contributed by atoms with Crippen LogP contribution in [0.25, 0.3) is 0 Å². The van der Waals surface area contributed by atoms with Gasteiger partial charge in [-0.3, -0.25) is 4.79 Å². The van der Waals surface area contributed by atoms with Crippen molar-refractivity contribution in [2.24, 2.45) is 0 Å². The van der Waals surface area contributed by atoms with Gasteiger partial charge in [0.1, 0.15) is 24.1 Å². The highest BCUT2D eigenvalue weighted by atomic mass is 35.5. The second kappa shape index (κ2) is 12.1. The second-order valence-corrected chi connectivity index (χ2v) is 10.0. The van der Waals surface area contributed by atoms with Crippen LogP contribution in [0.5, 0.6) is 0 Å². The van der Waals surface area contributed by atoms with Crippen molar-refractivity contribution in [2.75, 3.05) is 0 Å². The van der Waals surface area contributed by atoms with Crippen LogP contribution in [0, 0.1) is 5.82 Å². The van der Waals surface area contributed by atoms with Crippen molar-refractivity contribution < 1.29 is 23.8 Å². The molecule has 4 atom stereocenters. The summed E-state index contributed by atoms with van der Waals surface area (Å²) in [4.78, 5) is 28.0. The van der Waals surface area contributed by atoms with Gasteiger partial charge in [0, 0.05) is 16.5 Å². The van der Waals surface area contributed by atoms with Crippen LogP contribution in [0.3, 0.4) is 0 Å². The minimum atomic E-state index is -1.07. The molecule has 1 N–H and O–H groups in total. The van der Waals surface area contributed by atoms with Gasteiger partial charge < -0.3 is 14.7 Å². The molecule has 0 bridgehead atoms. The third-order valence-electron chi connectivity index (χ3n) is 6.62. The number of nitrogens with zero attached hydrogens (tertiary/aromatic N) is 1. The molecule has 1 amide bonds. The highest BCUT2D eigenvalue weighted by Crippen LogP contribution is 2.44. The Hall–Kier alpha value is -2.93. The van der Waals surface area contributed by atoms with E-state index in [1.165, 1.54) is 17.0 Å². The zero-order valence-electron chi connectivity index (χ0n) is 20.3. The smallest absolute Gasteiger partial charge is 0.326 e. The highest BCUT2D eigenvalue weighted by Gasteiger charge is 2.48. The normalized spacial score (nSPS) is 20.6. The molecule has 194 valence electrons. The Morgan fingerprint density at radius 1 is 0.973 bits per heavy atom. The van der Waals surface area contributed by atoms with E-state index in [4.69, 9.17) is 27.9 Å². The van der Waals surface area contributed by atoms with Gasteiger partial charge >= 0.3 is 5.97 Å². The zero-order chi connectivity index (χ0) is 26.5. The third kappa shape index (κ3) is 6.32. The highest BCUT2D eigenvalue weighted by molar-refractivity contribution is 6.30. The number of unbranched alkanes of at least 4 members (excludes halogenated alkanes) is 1. The predicted molar refractivity (Wildman–Crippen MR) is 141 cm³/mol. The molecule has 0 saturated carbocycles. The lowest BCUT2D eigenvalue weighted by Gasteiger charge is -2.47. The van der Waals surface area contributed by atoms with Gasteiger partial charge in [0.25, 0.3) is 5.91 Å². The van der Waals surface area contributed by atoms with Gasteiger partial charge in [0.2, 0.25) is 0 Å². The summed E-state index contributed by atoms with van der Waals surface area (Å²) in [6, 6.07) is 18.2. The molecule has 1 aliphatic heterocycles. The van der Waals surface area contributed by atoms with Crippen molar-refractivity contribution in [3.8, 4) is 0 Å². The van der Waals surface area contributed by atoms with E-state index in [1.807, 2.05) is 19.1 Å². The van der Waals surface area contributed by atoms with Crippen LogP contribution < -0.4 is 0 Å². The number of amides is 1. The maximum atomic E-state index is 14.0. The molecule has 1 saturated heterocycles. The number of morpholine rings is 1. The number of carboxylic acid groups (broad SMARTS) is 1. The average molecular weight is 544 g/mol. The first kappa shape index (κ1) is 27.1. The Bertz CT molecular complexity index is 1220. The molecule has 3 aromatic carbocycles. The molecule has 8 heteroatoms. The summed E-state index contributed by atoms with van der Waals surface area (Å²) in [5.41, 5.74) is 2.17. The minimum absolute atomic E-state index is 0.174. The largest absolute Gasteiger partial charge is 0.480 e. The Morgan fingerprint density at radius 2 is 1.54 bits per heavy atom. The van der Waals surface area contributed by atoms with E-state index < -0.39 is 36.2 Å². The Balaban J connectivity index is 1.84. The maximum absolute atomic E-state index is 14.0. The molecule has 0 spiro atoms. The SMILES string of the molecule is CCCC[C@H](C(=O)O)N1C(=O)[C@H](Cc2ccc(F)cc2)O[C@@H](c2ccc(Cl)cc2)[C@H]1c1ccc(Cl)cc1. The Kier molecular flexibility index (Phi) is 8.85. The molecule has 0 radical (unpaired) electrons. The van der Waals surface area contributed by atoms with E-state index in [-0.39, 0.29) is 12.2 Å². The topological polar surface area (TPSA) is 66.8 Å². The van der Waals surface area contributed by atoms with Crippen molar-refractivity contribution in [3.05, 3.63) is 105 Å². The Labute approximate surface area is 225 Å². The van der Waals surface area contributed by atoms with Gasteiger partial charge in [0.15, 0.2) is 0 Å². The quantitative estimate of drug-likeness (QED) is 0.314. The number of aliphatic carboxylic acids is 1. The number of hydrogen-bond donors (Lipinski definition) is 1. The van der Waals surface area contributed by atoms with Crippen molar-refractivity contribution >= 4 is 35.1 Å². The number of ether oxygens (including phenoxy) is 1. The molecular weight excluding hydrogens is 516 g/mol. The number of carboxylic acids is 1. The lowest BCUT2D eigenvalue weighted by atomic mass is 9.88.